The van der Waals surface area contributed by atoms with Gasteiger partial charge < -0.3 is 10.0 Å². The van der Waals surface area contributed by atoms with Crippen molar-refractivity contribution in [2.45, 2.75) is 6.54 Å². The van der Waals surface area contributed by atoms with Gasteiger partial charge in [-0.15, -0.1) is 0 Å². The molecule has 1 aromatic heterocycles. The zero-order valence-corrected chi connectivity index (χ0v) is 10.7. The summed E-state index contributed by atoms with van der Waals surface area (Å²) < 4.78 is 15.1. The van der Waals surface area contributed by atoms with Crippen LogP contribution in [0.25, 0.3) is 11.1 Å². The Hall–Kier alpha value is -2.37. The minimum atomic E-state index is -0.529. The van der Waals surface area contributed by atoms with Crippen LogP contribution in [0.15, 0.2) is 30.6 Å². The fourth-order valence-corrected chi connectivity index (χ4v) is 1.61. The van der Waals surface area contributed by atoms with Crippen molar-refractivity contribution in [1.29, 1.82) is 0 Å². The summed E-state index contributed by atoms with van der Waals surface area (Å²) in [6.07, 6.45) is 3.08. The van der Waals surface area contributed by atoms with Gasteiger partial charge >= 0.3 is 0 Å². The smallest absolute Gasteiger partial charge is 0.243 e. The van der Waals surface area contributed by atoms with Crippen LogP contribution in [0.2, 0.25) is 0 Å². The molecule has 2 aromatic rings. The van der Waals surface area contributed by atoms with Crippen LogP contribution < -0.4 is 0 Å². The summed E-state index contributed by atoms with van der Waals surface area (Å²) in [5.41, 5.74) is 0.894. The van der Waals surface area contributed by atoms with Gasteiger partial charge in [-0.25, -0.2) is 4.39 Å². The van der Waals surface area contributed by atoms with Crippen molar-refractivity contribution in [2.75, 3.05) is 14.1 Å². The summed E-state index contributed by atoms with van der Waals surface area (Å²) in [6, 6.07) is 3.91. The van der Waals surface area contributed by atoms with Gasteiger partial charge in [0.1, 0.15) is 18.1 Å². The zero-order valence-electron chi connectivity index (χ0n) is 10.7. The number of halogens is 1. The number of aromatic hydroxyl groups is 1. The lowest BCUT2D eigenvalue weighted by Crippen LogP contribution is -2.26. The SMILES string of the molecule is CN(C)C(=O)Cn1cc(-c2ccc(O)cc2F)cn1. The van der Waals surface area contributed by atoms with E-state index in [1.807, 2.05) is 0 Å². The third kappa shape index (κ3) is 2.90. The van der Waals surface area contributed by atoms with E-state index in [-0.39, 0.29) is 18.2 Å². The van der Waals surface area contributed by atoms with Crippen LogP contribution in [0, 0.1) is 5.82 Å². The van der Waals surface area contributed by atoms with E-state index in [0.29, 0.717) is 11.1 Å². The molecule has 0 atom stereocenters. The highest BCUT2D eigenvalue weighted by Gasteiger charge is 2.10. The van der Waals surface area contributed by atoms with Gasteiger partial charge in [-0.2, -0.15) is 5.10 Å². The van der Waals surface area contributed by atoms with E-state index in [1.165, 1.54) is 27.9 Å². The second kappa shape index (κ2) is 5.09. The van der Waals surface area contributed by atoms with Crippen LogP contribution in [0.3, 0.4) is 0 Å². The number of hydrogen-bond acceptors (Lipinski definition) is 3. The Morgan fingerprint density at radius 1 is 1.47 bits per heavy atom. The van der Waals surface area contributed by atoms with E-state index >= 15 is 0 Å². The Balaban J connectivity index is 2.23. The summed E-state index contributed by atoms with van der Waals surface area (Å²) in [6.45, 7) is 0.104. The molecule has 100 valence electrons. The molecule has 1 amide bonds. The number of nitrogens with zero attached hydrogens (tertiary/aromatic N) is 3. The average molecular weight is 263 g/mol. The number of carbonyl (C=O) groups is 1. The molecule has 0 aliphatic heterocycles. The molecule has 19 heavy (non-hydrogen) atoms. The average Bonchev–Trinajstić information content (AvgIpc) is 2.77. The van der Waals surface area contributed by atoms with Crippen molar-refractivity contribution in [3.63, 3.8) is 0 Å². The fraction of sp³-hybridized carbons (Fsp3) is 0.231. The highest BCUT2D eigenvalue weighted by Crippen LogP contribution is 2.25. The summed E-state index contributed by atoms with van der Waals surface area (Å²) >= 11 is 0. The molecule has 1 N–H and O–H groups in total. The summed E-state index contributed by atoms with van der Waals surface area (Å²) in [5.74, 6) is -0.754. The van der Waals surface area contributed by atoms with Crippen molar-refractivity contribution in [2.24, 2.45) is 0 Å². The molecule has 0 radical (unpaired) electrons. The maximum Gasteiger partial charge on any atom is 0.243 e. The Bertz CT molecular complexity index is 608. The van der Waals surface area contributed by atoms with Crippen LogP contribution in [-0.2, 0) is 11.3 Å². The first-order chi connectivity index (χ1) is 8.97. The van der Waals surface area contributed by atoms with Crippen LogP contribution >= 0.6 is 0 Å². The molecule has 1 aromatic carbocycles. The monoisotopic (exact) mass is 263 g/mol. The lowest BCUT2D eigenvalue weighted by molar-refractivity contribution is -0.129. The van der Waals surface area contributed by atoms with Gasteiger partial charge in [-0.1, -0.05) is 0 Å². The third-order valence-electron chi connectivity index (χ3n) is 2.69. The van der Waals surface area contributed by atoms with Gasteiger partial charge in [0.05, 0.1) is 6.20 Å². The number of aromatic nitrogens is 2. The molecular formula is C13H14FN3O2. The highest BCUT2D eigenvalue weighted by atomic mass is 19.1. The van der Waals surface area contributed by atoms with Crippen molar-refractivity contribution in [3.8, 4) is 16.9 Å². The molecule has 0 unspecified atom stereocenters. The van der Waals surface area contributed by atoms with E-state index in [9.17, 15) is 9.18 Å². The first kappa shape index (κ1) is 13.1. The molecule has 0 saturated heterocycles. The molecule has 0 spiro atoms. The second-order valence-electron chi connectivity index (χ2n) is 4.38. The summed E-state index contributed by atoms with van der Waals surface area (Å²) in [4.78, 5) is 13.0. The van der Waals surface area contributed by atoms with Gasteiger partial charge in [0.2, 0.25) is 5.91 Å². The van der Waals surface area contributed by atoms with E-state index in [4.69, 9.17) is 5.11 Å². The lowest BCUT2D eigenvalue weighted by Gasteiger charge is -2.09. The van der Waals surface area contributed by atoms with E-state index in [2.05, 4.69) is 5.10 Å². The molecule has 0 fully saturated rings. The predicted molar refractivity (Wildman–Crippen MR) is 68.0 cm³/mol. The predicted octanol–water partition coefficient (Wildman–Crippen LogP) is 1.48. The fourth-order valence-electron chi connectivity index (χ4n) is 1.61. The molecule has 0 aliphatic rings. The number of hydrogen-bond donors (Lipinski definition) is 1. The number of phenolic OH excluding ortho intramolecular Hbond substituents is 1. The molecule has 2 rings (SSSR count). The van der Waals surface area contributed by atoms with E-state index in [1.54, 1.807) is 20.3 Å². The quantitative estimate of drug-likeness (QED) is 0.912. The molecular weight excluding hydrogens is 249 g/mol. The van der Waals surface area contributed by atoms with Gasteiger partial charge in [0, 0.05) is 37.5 Å². The van der Waals surface area contributed by atoms with E-state index < -0.39 is 5.82 Å². The minimum absolute atomic E-state index is 0.0965. The molecule has 6 heteroatoms. The van der Waals surface area contributed by atoms with Gasteiger partial charge in [-0.3, -0.25) is 9.48 Å². The largest absolute Gasteiger partial charge is 0.508 e. The number of phenols is 1. The third-order valence-corrected chi connectivity index (χ3v) is 2.69. The Morgan fingerprint density at radius 3 is 2.84 bits per heavy atom. The van der Waals surface area contributed by atoms with Gasteiger partial charge in [0.15, 0.2) is 0 Å². The molecule has 1 heterocycles. The Labute approximate surface area is 109 Å². The minimum Gasteiger partial charge on any atom is -0.508 e. The van der Waals surface area contributed by atoms with Crippen molar-refractivity contribution < 1.29 is 14.3 Å². The van der Waals surface area contributed by atoms with Crippen molar-refractivity contribution in [3.05, 3.63) is 36.4 Å². The standard InChI is InChI=1S/C13H14FN3O2/c1-16(2)13(19)8-17-7-9(6-15-17)11-4-3-10(18)5-12(11)14/h3-7,18H,8H2,1-2H3. The van der Waals surface area contributed by atoms with Crippen LogP contribution in [0.5, 0.6) is 5.75 Å². The van der Waals surface area contributed by atoms with Crippen LogP contribution in [0.4, 0.5) is 4.39 Å². The van der Waals surface area contributed by atoms with Crippen LogP contribution in [-0.4, -0.2) is 39.8 Å². The highest BCUT2D eigenvalue weighted by molar-refractivity contribution is 5.75. The number of carbonyl (C=O) groups excluding carboxylic acids is 1. The van der Waals surface area contributed by atoms with Crippen molar-refractivity contribution >= 4 is 5.91 Å². The summed E-state index contributed by atoms with van der Waals surface area (Å²) in [7, 11) is 3.32. The first-order valence-corrected chi connectivity index (χ1v) is 5.69. The lowest BCUT2D eigenvalue weighted by atomic mass is 10.1. The van der Waals surface area contributed by atoms with Crippen molar-refractivity contribution in [1.82, 2.24) is 14.7 Å². The molecule has 0 aliphatic carbocycles. The zero-order chi connectivity index (χ0) is 14.0. The molecule has 0 bridgehead atoms. The number of likely N-dealkylation sites (N-methyl/N-ethyl adjacent to an activating group) is 1. The topological polar surface area (TPSA) is 58.4 Å². The Morgan fingerprint density at radius 2 is 2.21 bits per heavy atom. The second-order valence-corrected chi connectivity index (χ2v) is 4.38. The molecule has 5 nitrogen and oxygen atoms in total. The summed E-state index contributed by atoms with van der Waals surface area (Å²) in [5, 5.41) is 13.2. The maximum absolute atomic E-state index is 13.7. The molecule has 0 saturated carbocycles. The normalized spacial score (nSPS) is 10.5. The number of rotatable bonds is 3. The maximum atomic E-state index is 13.7. The Kier molecular flexibility index (Phi) is 3.50. The van der Waals surface area contributed by atoms with Gasteiger partial charge in [-0.05, 0) is 12.1 Å². The number of amides is 1. The number of benzene rings is 1. The van der Waals surface area contributed by atoms with E-state index in [0.717, 1.165) is 6.07 Å². The first-order valence-electron chi connectivity index (χ1n) is 5.69. The van der Waals surface area contributed by atoms with Crippen LogP contribution in [0.1, 0.15) is 0 Å². The van der Waals surface area contributed by atoms with Gasteiger partial charge in [0.25, 0.3) is 0 Å².